The molecule has 0 aliphatic carbocycles. The fraction of sp³-hybridized carbons (Fsp3) is 1.00. The van der Waals surface area contributed by atoms with Gasteiger partial charge in [0.15, 0.2) is 0 Å². The predicted octanol–water partition coefficient (Wildman–Crippen LogP) is 5.34. The lowest BCUT2D eigenvalue weighted by atomic mass is 10.1. The van der Waals surface area contributed by atoms with E-state index >= 15 is 0 Å². The van der Waals surface area contributed by atoms with Gasteiger partial charge in [0.2, 0.25) is 0 Å². The number of ether oxygens (including phenoxy) is 2. The highest BCUT2D eigenvalue weighted by Gasteiger charge is 2.27. The van der Waals surface area contributed by atoms with E-state index in [1.54, 1.807) is 14.2 Å². The first-order valence-electron chi connectivity index (χ1n) is 8.02. The number of rotatable bonds is 14. The van der Waals surface area contributed by atoms with Gasteiger partial charge >= 0.3 is 0 Å². The highest BCUT2D eigenvalue weighted by Crippen LogP contribution is 2.35. The summed E-state index contributed by atoms with van der Waals surface area (Å²) in [5, 5.41) is 1.21. The zero-order valence-electron chi connectivity index (χ0n) is 13.9. The summed E-state index contributed by atoms with van der Waals surface area (Å²) in [7, 11) is 3.45. The van der Waals surface area contributed by atoms with E-state index in [1.165, 1.54) is 0 Å². The van der Waals surface area contributed by atoms with E-state index in [0.29, 0.717) is 10.5 Å². The number of alkyl halides is 2. The minimum Gasteiger partial charge on any atom is -0.385 e. The van der Waals surface area contributed by atoms with E-state index in [1.807, 2.05) is 11.8 Å². The molecule has 0 fully saturated rings. The molecule has 0 aromatic carbocycles. The van der Waals surface area contributed by atoms with E-state index in [2.05, 4.69) is 13.8 Å². The Labute approximate surface area is 145 Å². The van der Waals surface area contributed by atoms with E-state index in [-0.39, 0.29) is 10.8 Å². The predicted molar refractivity (Wildman–Crippen MR) is 97.3 cm³/mol. The molecule has 0 spiro atoms. The SMILES string of the molecule is CCCC(SC(CCC)C(Cl)CCOC)C(Cl)CCOC. The van der Waals surface area contributed by atoms with Gasteiger partial charge in [0.25, 0.3) is 0 Å². The van der Waals surface area contributed by atoms with E-state index in [9.17, 15) is 0 Å². The molecule has 5 heteroatoms. The van der Waals surface area contributed by atoms with Crippen molar-refractivity contribution in [2.45, 2.75) is 73.6 Å². The van der Waals surface area contributed by atoms with Crippen LogP contribution >= 0.6 is 35.0 Å². The van der Waals surface area contributed by atoms with Crippen LogP contribution in [0.3, 0.4) is 0 Å². The second-order valence-electron chi connectivity index (χ2n) is 5.39. The van der Waals surface area contributed by atoms with Crippen molar-refractivity contribution in [3.63, 3.8) is 0 Å². The minimum absolute atomic E-state index is 0.153. The molecular formula is C16H32Cl2O2S. The summed E-state index contributed by atoms with van der Waals surface area (Å²) in [6.45, 7) is 5.87. The van der Waals surface area contributed by atoms with Crippen molar-refractivity contribution in [1.82, 2.24) is 0 Å². The van der Waals surface area contributed by atoms with Crippen molar-refractivity contribution in [1.29, 1.82) is 0 Å². The Hall–Kier alpha value is 0.850. The Morgan fingerprint density at radius 1 is 0.762 bits per heavy atom. The maximum Gasteiger partial charge on any atom is 0.0476 e. The van der Waals surface area contributed by atoms with Crippen LogP contribution < -0.4 is 0 Å². The van der Waals surface area contributed by atoms with Gasteiger partial charge in [-0.3, -0.25) is 0 Å². The number of halogens is 2. The van der Waals surface area contributed by atoms with Gasteiger partial charge in [-0.05, 0) is 25.7 Å². The van der Waals surface area contributed by atoms with Gasteiger partial charge in [-0.25, -0.2) is 0 Å². The second kappa shape index (κ2) is 14.4. The molecule has 0 aromatic heterocycles. The van der Waals surface area contributed by atoms with Gasteiger partial charge < -0.3 is 9.47 Å². The zero-order chi connectivity index (χ0) is 16.1. The number of hydrogen-bond acceptors (Lipinski definition) is 3. The molecule has 0 bridgehead atoms. The van der Waals surface area contributed by atoms with Crippen LogP contribution in [0.15, 0.2) is 0 Å². The van der Waals surface area contributed by atoms with Crippen molar-refractivity contribution >= 4 is 35.0 Å². The monoisotopic (exact) mass is 358 g/mol. The lowest BCUT2D eigenvalue weighted by Crippen LogP contribution is -2.27. The fourth-order valence-corrected chi connectivity index (χ4v) is 4.89. The Balaban J connectivity index is 4.55. The van der Waals surface area contributed by atoms with E-state index < -0.39 is 0 Å². The summed E-state index contributed by atoms with van der Waals surface area (Å²) in [5.74, 6) is 0. The first kappa shape index (κ1) is 21.9. The highest BCUT2D eigenvalue weighted by atomic mass is 35.5. The third kappa shape index (κ3) is 10.3. The largest absolute Gasteiger partial charge is 0.385 e. The smallest absolute Gasteiger partial charge is 0.0476 e. The molecule has 2 nitrogen and oxygen atoms in total. The van der Waals surface area contributed by atoms with E-state index in [0.717, 1.165) is 51.7 Å². The van der Waals surface area contributed by atoms with Crippen LogP contribution in [0.25, 0.3) is 0 Å². The third-order valence-corrected chi connectivity index (χ3v) is 6.67. The van der Waals surface area contributed by atoms with Gasteiger partial charge in [0.1, 0.15) is 0 Å². The molecule has 0 saturated heterocycles. The second-order valence-corrected chi connectivity index (χ2v) is 7.99. The lowest BCUT2D eigenvalue weighted by Gasteiger charge is -2.29. The Morgan fingerprint density at radius 3 is 1.43 bits per heavy atom. The maximum absolute atomic E-state index is 6.59. The summed E-state index contributed by atoms with van der Waals surface area (Å²) in [4.78, 5) is 0. The number of methoxy groups -OCH3 is 2. The van der Waals surface area contributed by atoms with Gasteiger partial charge in [-0.2, -0.15) is 11.8 Å². The summed E-state index contributed by atoms with van der Waals surface area (Å²) in [6.07, 6.45) is 6.38. The van der Waals surface area contributed by atoms with Crippen LogP contribution in [0, 0.1) is 0 Å². The Kier molecular flexibility index (Phi) is 15.0. The Morgan fingerprint density at radius 2 is 1.14 bits per heavy atom. The maximum atomic E-state index is 6.59. The molecule has 0 radical (unpaired) electrons. The summed E-state index contributed by atoms with van der Waals surface area (Å²) < 4.78 is 10.3. The molecular weight excluding hydrogens is 327 g/mol. The lowest BCUT2D eigenvalue weighted by molar-refractivity contribution is 0.192. The van der Waals surface area contributed by atoms with Crippen molar-refractivity contribution in [3.8, 4) is 0 Å². The molecule has 128 valence electrons. The Bertz CT molecular complexity index is 210. The van der Waals surface area contributed by atoms with Crippen LogP contribution in [0.1, 0.15) is 52.4 Å². The van der Waals surface area contributed by atoms with Gasteiger partial charge in [0, 0.05) is 48.7 Å². The van der Waals surface area contributed by atoms with Crippen LogP contribution in [0.4, 0.5) is 0 Å². The summed E-state index contributed by atoms with van der Waals surface area (Å²) in [5.41, 5.74) is 0. The molecule has 0 aliphatic rings. The summed E-state index contributed by atoms with van der Waals surface area (Å²) in [6, 6.07) is 0. The topological polar surface area (TPSA) is 18.5 Å². The van der Waals surface area contributed by atoms with Gasteiger partial charge in [-0.1, -0.05) is 26.7 Å². The van der Waals surface area contributed by atoms with Gasteiger partial charge in [0.05, 0.1) is 0 Å². The standard InChI is InChI=1S/C16H32Cl2O2S/c1-5-7-15(13(17)9-11-19-3)21-16(8-6-2)14(18)10-12-20-4/h13-16H,5-12H2,1-4H3. The molecule has 0 N–H and O–H groups in total. The molecule has 21 heavy (non-hydrogen) atoms. The molecule has 0 aliphatic heterocycles. The van der Waals surface area contributed by atoms with Crippen LogP contribution in [-0.4, -0.2) is 48.7 Å². The van der Waals surface area contributed by atoms with Crippen LogP contribution in [0.5, 0.6) is 0 Å². The van der Waals surface area contributed by atoms with Crippen molar-refractivity contribution in [2.75, 3.05) is 27.4 Å². The van der Waals surface area contributed by atoms with Crippen LogP contribution in [0.2, 0.25) is 0 Å². The molecule has 0 amide bonds. The molecule has 0 aromatic rings. The molecule has 0 rings (SSSR count). The fourth-order valence-electron chi connectivity index (χ4n) is 2.29. The zero-order valence-corrected chi connectivity index (χ0v) is 16.3. The first-order valence-corrected chi connectivity index (χ1v) is 9.83. The molecule has 0 saturated carbocycles. The minimum atomic E-state index is 0.153. The average Bonchev–Trinajstić information content (AvgIpc) is 2.48. The van der Waals surface area contributed by atoms with Crippen molar-refractivity contribution in [2.24, 2.45) is 0 Å². The molecule has 4 atom stereocenters. The number of thioether (sulfide) groups is 1. The average molecular weight is 359 g/mol. The highest BCUT2D eigenvalue weighted by molar-refractivity contribution is 8.00. The first-order chi connectivity index (χ1) is 10.1. The summed E-state index contributed by atoms with van der Waals surface area (Å²) >= 11 is 15.2. The quantitative estimate of drug-likeness (QED) is 0.390. The molecule has 4 unspecified atom stereocenters. The van der Waals surface area contributed by atoms with Crippen LogP contribution in [-0.2, 0) is 9.47 Å². The number of hydrogen-bond donors (Lipinski definition) is 0. The van der Waals surface area contributed by atoms with Crippen molar-refractivity contribution < 1.29 is 9.47 Å². The third-order valence-electron chi connectivity index (χ3n) is 3.50. The molecule has 0 heterocycles. The van der Waals surface area contributed by atoms with E-state index in [4.69, 9.17) is 32.7 Å². The van der Waals surface area contributed by atoms with Gasteiger partial charge in [-0.15, -0.1) is 23.2 Å². The normalized spacial score (nSPS) is 17.4. The van der Waals surface area contributed by atoms with Crippen molar-refractivity contribution in [3.05, 3.63) is 0 Å².